The summed E-state index contributed by atoms with van der Waals surface area (Å²) in [5.41, 5.74) is 2.72. The Bertz CT molecular complexity index is 695. The van der Waals surface area contributed by atoms with Gasteiger partial charge in [-0.3, -0.25) is 4.79 Å². The first kappa shape index (κ1) is 13.3. The predicted molar refractivity (Wildman–Crippen MR) is 76.2 cm³/mol. The highest BCUT2D eigenvalue weighted by atomic mass is 32.2. The van der Waals surface area contributed by atoms with Crippen LogP contribution >= 0.6 is 0 Å². The average Bonchev–Trinajstić information content (AvgIpc) is 2.75. The summed E-state index contributed by atoms with van der Waals surface area (Å²) in [6, 6.07) is 3.31. The molecule has 0 saturated carbocycles. The molecule has 6 heteroatoms. The minimum atomic E-state index is -3.54. The van der Waals surface area contributed by atoms with Crippen LogP contribution in [-0.4, -0.2) is 27.4 Å². The van der Waals surface area contributed by atoms with Gasteiger partial charge in [-0.2, -0.15) is 0 Å². The molecule has 3 rings (SSSR count). The van der Waals surface area contributed by atoms with Crippen molar-refractivity contribution >= 4 is 21.6 Å². The van der Waals surface area contributed by atoms with E-state index in [1.165, 1.54) is 6.08 Å². The van der Waals surface area contributed by atoms with Gasteiger partial charge in [-0.1, -0.05) is 6.08 Å². The molecule has 20 heavy (non-hydrogen) atoms. The number of sulfonamides is 1. The van der Waals surface area contributed by atoms with Crippen molar-refractivity contribution in [1.82, 2.24) is 4.72 Å². The minimum absolute atomic E-state index is 0.0644. The zero-order valence-electron chi connectivity index (χ0n) is 11.1. The number of nitrogens with zero attached hydrogens (tertiary/aromatic N) is 1. The summed E-state index contributed by atoms with van der Waals surface area (Å²) >= 11 is 0. The van der Waals surface area contributed by atoms with Crippen molar-refractivity contribution in [2.24, 2.45) is 0 Å². The molecule has 0 spiro atoms. The van der Waals surface area contributed by atoms with E-state index in [9.17, 15) is 13.2 Å². The molecule has 5 nitrogen and oxygen atoms in total. The second kappa shape index (κ2) is 4.71. The molecular formula is C14H16N2O3S. The maximum Gasteiger partial charge on any atom is 0.240 e. The fourth-order valence-corrected chi connectivity index (χ4v) is 3.95. The van der Waals surface area contributed by atoms with E-state index in [0.29, 0.717) is 6.42 Å². The largest absolute Gasteiger partial charge is 0.312 e. The first-order valence-electron chi connectivity index (χ1n) is 6.59. The van der Waals surface area contributed by atoms with Gasteiger partial charge in [0.2, 0.25) is 15.9 Å². The standard InChI is InChI=1S/C14H16N2O3S/c1-2-5-15-20(18,19)12-7-10-4-3-6-16-13(17)9-11(8-12)14(10)16/h2,7-8,15H,1,3-6,9H2. The van der Waals surface area contributed by atoms with Crippen LogP contribution in [0.3, 0.4) is 0 Å². The molecule has 2 heterocycles. The summed E-state index contributed by atoms with van der Waals surface area (Å²) in [4.78, 5) is 13.9. The summed E-state index contributed by atoms with van der Waals surface area (Å²) < 4.78 is 26.8. The third-order valence-electron chi connectivity index (χ3n) is 3.71. The fourth-order valence-electron chi connectivity index (χ4n) is 2.85. The van der Waals surface area contributed by atoms with Gasteiger partial charge in [0, 0.05) is 13.1 Å². The summed E-state index contributed by atoms with van der Waals surface area (Å²) in [5, 5.41) is 0. The summed E-state index contributed by atoms with van der Waals surface area (Å²) in [7, 11) is -3.54. The lowest BCUT2D eigenvalue weighted by Gasteiger charge is -2.25. The van der Waals surface area contributed by atoms with Gasteiger partial charge in [0.25, 0.3) is 0 Å². The smallest absolute Gasteiger partial charge is 0.240 e. The van der Waals surface area contributed by atoms with E-state index in [0.717, 1.165) is 36.2 Å². The number of hydrogen-bond acceptors (Lipinski definition) is 3. The van der Waals surface area contributed by atoms with E-state index in [2.05, 4.69) is 11.3 Å². The van der Waals surface area contributed by atoms with Crippen molar-refractivity contribution in [2.75, 3.05) is 18.0 Å². The Labute approximate surface area is 118 Å². The number of benzene rings is 1. The van der Waals surface area contributed by atoms with Crippen LogP contribution in [0, 0.1) is 0 Å². The van der Waals surface area contributed by atoms with E-state index < -0.39 is 10.0 Å². The topological polar surface area (TPSA) is 66.5 Å². The maximum absolute atomic E-state index is 12.2. The van der Waals surface area contributed by atoms with Crippen LogP contribution in [0.1, 0.15) is 17.5 Å². The van der Waals surface area contributed by atoms with Crippen LogP contribution in [-0.2, 0) is 27.7 Å². The van der Waals surface area contributed by atoms with E-state index in [4.69, 9.17) is 0 Å². The van der Waals surface area contributed by atoms with Crippen molar-refractivity contribution < 1.29 is 13.2 Å². The van der Waals surface area contributed by atoms with Crippen molar-refractivity contribution in [2.45, 2.75) is 24.2 Å². The SMILES string of the molecule is C=CCNS(=O)(=O)c1cc2c3c(c1)CC(=O)N3CCC2. The van der Waals surface area contributed by atoms with Crippen LogP contribution in [0.5, 0.6) is 0 Å². The van der Waals surface area contributed by atoms with Crippen LogP contribution in [0.15, 0.2) is 29.7 Å². The first-order valence-corrected chi connectivity index (χ1v) is 8.08. The summed E-state index contributed by atoms with van der Waals surface area (Å²) in [5.74, 6) is 0.0644. The van der Waals surface area contributed by atoms with E-state index in [1.807, 2.05) is 0 Å². The second-order valence-electron chi connectivity index (χ2n) is 5.06. The molecule has 0 unspecified atom stereocenters. The Morgan fingerprint density at radius 1 is 1.35 bits per heavy atom. The van der Waals surface area contributed by atoms with Gasteiger partial charge in [0.05, 0.1) is 17.0 Å². The Kier molecular flexibility index (Phi) is 3.14. The Balaban J connectivity index is 2.07. The number of rotatable bonds is 4. The number of aryl methyl sites for hydroxylation is 1. The molecule has 0 aromatic heterocycles. The van der Waals surface area contributed by atoms with Crippen molar-refractivity contribution in [3.05, 3.63) is 35.9 Å². The predicted octanol–water partition coefficient (Wildman–Crippen LogP) is 0.986. The molecule has 0 aliphatic carbocycles. The van der Waals surface area contributed by atoms with Gasteiger partial charge in [-0.25, -0.2) is 13.1 Å². The minimum Gasteiger partial charge on any atom is -0.312 e. The highest BCUT2D eigenvalue weighted by molar-refractivity contribution is 7.89. The number of hydrogen-bond donors (Lipinski definition) is 1. The molecule has 2 aliphatic rings. The number of amides is 1. The fraction of sp³-hybridized carbons (Fsp3) is 0.357. The van der Waals surface area contributed by atoms with Crippen LogP contribution in [0.4, 0.5) is 5.69 Å². The zero-order chi connectivity index (χ0) is 14.3. The molecule has 106 valence electrons. The average molecular weight is 292 g/mol. The van der Waals surface area contributed by atoms with Crippen LogP contribution < -0.4 is 9.62 Å². The number of anilines is 1. The zero-order valence-corrected chi connectivity index (χ0v) is 11.9. The molecular weight excluding hydrogens is 276 g/mol. The Morgan fingerprint density at radius 3 is 2.85 bits per heavy atom. The summed E-state index contributed by atoms with van der Waals surface area (Å²) in [6.45, 7) is 4.43. The van der Waals surface area contributed by atoms with Crippen molar-refractivity contribution in [3.63, 3.8) is 0 Å². The molecule has 0 saturated heterocycles. The molecule has 0 radical (unpaired) electrons. The maximum atomic E-state index is 12.2. The van der Waals surface area contributed by atoms with Gasteiger partial charge < -0.3 is 4.90 Å². The Hall–Kier alpha value is -1.66. The molecule has 2 aliphatic heterocycles. The first-order chi connectivity index (χ1) is 9.53. The normalized spacial score (nSPS) is 17.2. The molecule has 0 fully saturated rings. The molecule has 1 aromatic rings. The number of carbonyl (C=O) groups excluding carboxylic acids is 1. The number of nitrogens with one attached hydrogen (secondary N) is 1. The van der Waals surface area contributed by atoms with Crippen molar-refractivity contribution in [3.8, 4) is 0 Å². The highest BCUT2D eigenvalue weighted by Crippen LogP contribution is 2.38. The number of carbonyl (C=O) groups is 1. The third kappa shape index (κ3) is 2.05. The Morgan fingerprint density at radius 2 is 2.10 bits per heavy atom. The van der Waals surface area contributed by atoms with Gasteiger partial charge in [-0.05, 0) is 36.1 Å². The van der Waals surface area contributed by atoms with Gasteiger partial charge in [-0.15, -0.1) is 6.58 Å². The van der Waals surface area contributed by atoms with E-state index in [1.54, 1.807) is 17.0 Å². The summed E-state index contributed by atoms with van der Waals surface area (Å²) in [6.07, 6.45) is 3.49. The molecule has 0 atom stereocenters. The van der Waals surface area contributed by atoms with Crippen molar-refractivity contribution in [1.29, 1.82) is 0 Å². The van der Waals surface area contributed by atoms with E-state index in [-0.39, 0.29) is 17.3 Å². The van der Waals surface area contributed by atoms with Crippen LogP contribution in [0.25, 0.3) is 0 Å². The third-order valence-corrected chi connectivity index (χ3v) is 5.11. The van der Waals surface area contributed by atoms with Gasteiger partial charge >= 0.3 is 0 Å². The molecule has 0 bridgehead atoms. The quantitative estimate of drug-likeness (QED) is 0.842. The van der Waals surface area contributed by atoms with Crippen LogP contribution in [0.2, 0.25) is 0 Å². The highest BCUT2D eigenvalue weighted by Gasteiger charge is 2.33. The molecule has 1 N–H and O–H groups in total. The lowest BCUT2D eigenvalue weighted by atomic mass is 10.0. The lowest BCUT2D eigenvalue weighted by molar-refractivity contribution is -0.117. The monoisotopic (exact) mass is 292 g/mol. The van der Waals surface area contributed by atoms with Gasteiger partial charge in [0.15, 0.2) is 0 Å². The molecule has 1 amide bonds. The molecule has 1 aromatic carbocycles. The van der Waals surface area contributed by atoms with E-state index >= 15 is 0 Å². The van der Waals surface area contributed by atoms with Gasteiger partial charge in [0.1, 0.15) is 0 Å². The second-order valence-corrected chi connectivity index (χ2v) is 6.82. The lowest BCUT2D eigenvalue weighted by Crippen LogP contribution is -2.31.